The largest absolute Gasteiger partial charge is 0.513 e. The van der Waals surface area contributed by atoms with E-state index in [9.17, 15) is 9.13 Å². The highest BCUT2D eigenvalue weighted by Gasteiger charge is 2.48. The van der Waals surface area contributed by atoms with Gasteiger partial charge in [-0.05, 0) is 12.8 Å². The van der Waals surface area contributed by atoms with Crippen LogP contribution in [0.1, 0.15) is 32.6 Å². The van der Waals surface area contributed by atoms with E-state index in [0.29, 0.717) is 6.42 Å². The van der Waals surface area contributed by atoms with Crippen LogP contribution < -0.4 is 0 Å². The lowest BCUT2D eigenvalue weighted by Crippen LogP contribution is -2.21. The Bertz CT molecular complexity index is 318. The monoisotopic (exact) mass is 276 g/mol. The van der Waals surface area contributed by atoms with Gasteiger partial charge in [0.25, 0.3) is 0 Å². The summed E-state index contributed by atoms with van der Waals surface area (Å²) in [4.78, 5) is 9.04. The molecule has 0 bridgehead atoms. The predicted octanol–water partition coefficient (Wildman–Crippen LogP) is 2.65. The van der Waals surface area contributed by atoms with Gasteiger partial charge in [-0.25, -0.2) is 14.4 Å². The summed E-state index contributed by atoms with van der Waals surface area (Å²) in [6.07, 6.45) is 1.54. The average molecular weight is 276 g/mol. The molecular weight excluding hydrogens is 262 g/mol. The Morgan fingerprint density at radius 2 is 2.00 bits per heavy atom. The molecular formula is C6H14O8P2. The van der Waals surface area contributed by atoms with E-state index in [-0.39, 0.29) is 6.42 Å². The molecule has 10 heteroatoms. The van der Waals surface area contributed by atoms with Gasteiger partial charge in [0.05, 0.1) is 0 Å². The first-order valence-electron chi connectivity index (χ1n) is 4.75. The fourth-order valence-electron chi connectivity index (χ4n) is 1.18. The van der Waals surface area contributed by atoms with Gasteiger partial charge in [-0.1, -0.05) is 19.8 Å². The summed E-state index contributed by atoms with van der Waals surface area (Å²) in [6.45, 7) is 1.98. The summed E-state index contributed by atoms with van der Waals surface area (Å²) in [5, 5.41) is 8.27. The second-order valence-corrected chi connectivity index (χ2v) is 6.28. The van der Waals surface area contributed by atoms with E-state index in [0.717, 1.165) is 12.8 Å². The zero-order valence-electron chi connectivity index (χ0n) is 8.64. The molecule has 1 rings (SSSR count). The molecule has 1 fully saturated rings. The molecule has 0 saturated carbocycles. The molecule has 8 nitrogen and oxygen atoms in total. The minimum atomic E-state index is -4.50. The minimum Gasteiger partial charge on any atom is -0.302 e. The Labute approximate surface area is 92.6 Å². The number of rotatable bonds is 5. The van der Waals surface area contributed by atoms with E-state index in [1.807, 2.05) is 6.92 Å². The van der Waals surface area contributed by atoms with Crippen LogP contribution in [0.25, 0.3) is 0 Å². The lowest BCUT2D eigenvalue weighted by molar-refractivity contribution is -0.184. The van der Waals surface area contributed by atoms with Gasteiger partial charge >= 0.3 is 15.6 Å². The summed E-state index contributed by atoms with van der Waals surface area (Å²) >= 11 is 0. The Kier molecular flexibility index (Phi) is 5.10. The molecule has 3 atom stereocenters. The zero-order chi connectivity index (χ0) is 12.2. The van der Waals surface area contributed by atoms with Crippen LogP contribution in [0.5, 0.6) is 0 Å². The summed E-state index contributed by atoms with van der Waals surface area (Å²) < 4.78 is 39.0. The standard InChI is InChI=1S/C6H14O8P2/c1-2-3-4-5-6-11-15(8,9)14-16(10,12-6)13-7/h6-7H,2-5H2,1H3,(H,8,9). The first-order valence-corrected chi connectivity index (χ1v) is 7.70. The van der Waals surface area contributed by atoms with E-state index >= 15 is 0 Å². The van der Waals surface area contributed by atoms with Crippen molar-refractivity contribution in [2.45, 2.75) is 38.9 Å². The quantitative estimate of drug-likeness (QED) is 0.341. The molecule has 1 heterocycles. The predicted molar refractivity (Wildman–Crippen MR) is 52.3 cm³/mol. The van der Waals surface area contributed by atoms with Crippen molar-refractivity contribution in [2.75, 3.05) is 0 Å². The summed E-state index contributed by atoms with van der Waals surface area (Å²) in [7, 11) is -8.91. The number of unbranched alkanes of at least 4 members (excludes halogenated alkanes) is 2. The SMILES string of the molecule is CCCCCC1OP(=O)(O)OP(=O)(OO)O1. The number of phosphoric ester groups is 1. The van der Waals surface area contributed by atoms with Gasteiger partial charge in [-0.3, -0.25) is 9.05 Å². The van der Waals surface area contributed by atoms with E-state index < -0.39 is 21.9 Å². The molecule has 1 saturated heterocycles. The molecule has 0 amide bonds. The highest BCUT2D eigenvalue weighted by atomic mass is 31.3. The van der Waals surface area contributed by atoms with E-state index in [1.165, 1.54) is 0 Å². The molecule has 96 valence electrons. The van der Waals surface area contributed by atoms with E-state index in [2.05, 4.69) is 18.0 Å². The van der Waals surface area contributed by atoms with Gasteiger partial charge in [0.1, 0.15) is 0 Å². The summed E-state index contributed by atoms with van der Waals surface area (Å²) in [5.41, 5.74) is 0. The Balaban J connectivity index is 2.59. The first kappa shape index (κ1) is 14.3. The molecule has 0 aromatic rings. The van der Waals surface area contributed by atoms with Gasteiger partial charge in [0.15, 0.2) is 6.29 Å². The first-order chi connectivity index (χ1) is 7.41. The molecule has 16 heavy (non-hydrogen) atoms. The van der Waals surface area contributed by atoms with Crippen molar-refractivity contribution in [3.05, 3.63) is 0 Å². The lowest BCUT2D eigenvalue weighted by Gasteiger charge is -2.28. The zero-order valence-corrected chi connectivity index (χ0v) is 10.4. The molecule has 1 aliphatic rings. The van der Waals surface area contributed by atoms with Crippen molar-refractivity contribution < 1.29 is 37.3 Å². The van der Waals surface area contributed by atoms with Gasteiger partial charge in [0, 0.05) is 0 Å². The average Bonchev–Trinajstić information content (AvgIpc) is 2.15. The third-order valence-corrected chi connectivity index (χ3v) is 4.66. The van der Waals surface area contributed by atoms with Gasteiger partial charge < -0.3 is 4.89 Å². The molecule has 0 spiro atoms. The van der Waals surface area contributed by atoms with Crippen molar-refractivity contribution in [3.8, 4) is 0 Å². The smallest absolute Gasteiger partial charge is 0.302 e. The van der Waals surface area contributed by atoms with Crippen LogP contribution >= 0.6 is 15.6 Å². The normalized spacial score (nSPS) is 39.8. The highest BCUT2D eigenvalue weighted by molar-refractivity contribution is 7.62. The maximum absolute atomic E-state index is 11.3. The summed E-state index contributed by atoms with van der Waals surface area (Å²) in [6, 6.07) is 0. The second kappa shape index (κ2) is 5.71. The third-order valence-electron chi connectivity index (χ3n) is 1.84. The summed E-state index contributed by atoms with van der Waals surface area (Å²) in [5.74, 6) is 0. The van der Waals surface area contributed by atoms with Gasteiger partial charge in [0.2, 0.25) is 0 Å². The Morgan fingerprint density at radius 3 is 2.56 bits per heavy atom. The molecule has 3 unspecified atom stereocenters. The van der Waals surface area contributed by atoms with Crippen LogP contribution in [0, 0.1) is 0 Å². The number of hydrogen-bond donors (Lipinski definition) is 2. The van der Waals surface area contributed by atoms with Gasteiger partial charge in [-0.2, -0.15) is 4.31 Å². The molecule has 0 aliphatic carbocycles. The Hall–Kier alpha value is 0.220. The lowest BCUT2D eigenvalue weighted by atomic mass is 10.2. The van der Waals surface area contributed by atoms with Crippen molar-refractivity contribution in [2.24, 2.45) is 0 Å². The van der Waals surface area contributed by atoms with Crippen molar-refractivity contribution in [1.82, 2.24) is 0 Å². The van der Waals surface area contributed by atoms with Crippen molar-refractivity contribution >= 4 is 15.6 Å². The third kappa shape index (κ3) is 4.24. The fraction of sp³-hybridized carbons (Fsp3) is 1.00. The van der Waals surface area contributed by atoms with Crippen LogP contribution in [-0.4, -0.2) is 16.4 Å². The van der Waals surface area contributed by atoms with Crippen molar-refractivity contribution in [3.63, 3.8) is 0 Å². The van der Waals surface area contributed by atoms with Crippen molar-refractivity contribution in [1.29, 1.82) is 0 Å². The number of hydrogen-bond acceptors (Lipinski definition) is 7. The van der Waals surface area contributed by atoms with Gasteiger partial charge in [-0.15, -0.1) is 4.67 Å². The van der Waals surface area contributed by atoms with Crippen LogP contribution in [0.15, 0.2) is 0 Å². The fourth-order valence-corrected chi connectivity index (χ4v) is 3.60. The van der Waals surface area contributed by atoms with Crippen LogP contribution in [-0.2, 0) is 27.2 Å². The maximum Gasteiger partial charge on any atom is 0.513 e. The van der Waals surface area contributed by atoms with Crippen LogP contribution in [0.3, 0.4) is 0 Å². The maximum atomic E-state index is 11.3. The Morgan fingerprint density at radius 1 is 1.31 bits per heavy atom. The topological polar surface area (TPSA) is 112 Å². The molecule has 0 radical (unpaired) electrons. The van der Waals surface area contributed by atoms with Crippen LogP contribution in [0.4, 0.5) is 0 Å². The molecule has 0 aromatic heterocycles. The molecule has 1 aliphatic heterocycles. The van der Waals surface area contributed by atoms with E-state index in [1.54, 1.807) is 0 Å². The molecule has 0 aromatic carbocycles. The number of phosphoric acid groups is 2. The molecule has 2 N–H and O–H groups in total. The minimum absolute atomic E-state index is 0.259. The second-order valence-electron chi connectivity index (χ2n) is 3.22. The van der Waals surface area contributed by atoms with E-state index in [4.69, 9.17) is 10.2 Å². The van der Waals surface area contributed by atoms with Crippen LogP contribution in [0.2, 0.25) is 0 Å². The highest BCUT2D eigenvalue weighted by Crippen LogP contribution is 2.68.